The zero-order valence-corrected chi connectivity index (χ0v) is 35.9. The number of hydrogen-bond acceptors (Lipinski definition) is 14. The van der Waals surface area contributed by atoms with E-state index in [0.29, 0.717) is 21.5 Å². The summed E-state index contributed by atoms with van der Waals surface area (Å²) in [6, 6.07) is 33.6. The minimum atomic E-state index is -1.48. The van der Waals surface area contributed by atoms with Gasteiger partial charge in [-0.3, -0.25) is 19.9 Å². The first kappa shape index (κ1) is 50.8. The van der Waals surface area contributed by atoms with Crippen molar-refractivity contribution in [3.05, 3.63) is 193 Å². The molecule has 0 spiro atoms. The van der Waals surface area contributed by atoms with Crippen LogP contribution in [0, 0.1) is 0 Å². The molecule has 0 atom stereocenters. The number of carbonyl (C=O) groups is 4. The summed E-state index contributed by atoms with van der Waals surface area (Å²) in [5.41, 5.74) is 2.05. The van der Waals surface area contributed by atoms with Crippen LogP contribution in [0.2, 0.25) is 0 Å². The number of azo groups is 2. The molecular formula is C44H36N8O10Zn+2. The van der Waals surface area contributed by atoms with Gasteiger partial charge < -0.3 is 41.0 Å². The van der Waals surface area contributed by atoms with Gasteiger partial charge in [-0.1, -0.05) is 48.5 Å². The first-order valence-electron chi connectivity index (χ1n) is 17.5. The second kappa shape index (κ2) is 26.0. The van der Waals surface area contributed by atoms with E-state index in [0.717, 1.165) is 22.7 Å². The molecule has 0 unspecified atom stereocenters. The Kier molecular flexibility index (Phi) is 20.9. The van der Waals surface area contributed by atoms with Crippen LogP contribution in [0.15, 0.2) is 191 Å². The fourth-order valence-corrected chi connectivity index (χ4v) is 5.05. The van der Waals surface area contributed by atoms with E-state index in [-0.39, 0.29) is 52.7 Å². The molecule has 63 heavy (non-hydrogen) atoms. The number of hydrogen-bond donors (Lipinski definition) is 2. The Morgan fingerprint density at radius 1 is 0.381 bits per heavy atom. The van der Waals surface area contributed by atoms with Crippen LogP contribution in [-0.2, 0) is 30.4 Å². The van der Waals surface area contributed by atoms with Gasteiger partial charge in [-0.15, -0.1) is 0 Å². The maximum atomic E-state index is 10.9. The average molecular weight is 902 g/mol. The fourth-order valence-electron chi connectivity index (χ4n) is 5.05. The van der Waals surface area contributed by atoms with Gasteiger partial charge in [0.05, 0.1) is 45.8 Å². The van der Waals surface area contributed by atoms with Crippen molar-refractivity contribution in [2.24, 2.45) is 20.5 Å². The van der Waals surface area contributed by atoms with Crippen molar-refractivity contribution in [1.29, 1.82) is 0 Å². The van der Waals surface area contributed by atoms with E-state index in [1.54, 1.807) is 147 Å². The summed E-state index contributed by atoms with van der Waals surface area (Å²) in [5, 5.41) is 58.2. The Bertz CT molecular complexity index is 2410. The first-order chi connectivity index (χ1) is 29.1. The second-order valence-corrected chi connectivity index (χ2v) is 11.9. The van der Waals surface area contributed by atoms with Crippen molar-refractivity contribution in [3.63, 3.8) is 0 Å². The van der Waals surface area contributed by atoms with Crippen LogP contribution in [0.1, 0.15) is 41.4 Å². The van der Waals surface area contributed by atoms with Crippen molar-refractivity contribution in [2.75, 3.05) is 0 Å². The van der Waals surface area contributed by atoms with Gasteiger partial charge in [0.1, 0.15) is 0 Å². The van der Waals surface area contributed by atoms with E-state index in [4.69, 9.17) is 10.2 Å². The van der Waals surface area contributed by atoms with Crippen LogP contribution in [0.3, 0.4) is 0 Å². The minimum Gasteiger partial charge on any atom is -0.545 e. The van der Waals surface area contributed by atoms with Crippen LogP contribution < -0.4 is 10.2 Å². The van der Waals surface area contributed by atoms with E-state index >= 15 is 0 Å². The fraction of sp³-hybridized carbons (Fsp3) is 0. The number of aromatic nitrogens is 4. The molecule has 0 aliphatic carbocycles. The quantitative estimate of drug-likeness (QED) is 0.105. The van der Waals surface area contributed by atoms with Crippen LogP contribution in [0.5, 0.6) is 0 Å². The molecule has 8 rings (SSSR count). The predicted octanol–water partition coefficient (Wildman–Crippen LogP) is 5.74. The smallest absolute Gasteiger partial charge is 0.545 e. The summed E-state index contributed by atoms with van der Waals surface area (Å²) < 4.78 is 0. The maximum absolute atomic E-state index is 10.9. The molecule has 0 fully saturated rings. The molecule has 4 aromatic heterocycles. The second-order valence-electron chi connectivity index (χ2n) is 11.9. The monoisotopic (exact) mass is 900 g/mol. The molecule has 8 aromatic rings. The Morgan fingerprint density at radius 3 is 0.778 bits per heavy atom. The Labute approximate surface area is 370 Å². The van der Waals surface area contributed by atoms with Gasteiger partial charge in [0.2, 0.25) is 0 Å². The molecule has 0 radical (unpaired) electrons. The summed E-state index contributed by atoms with van der Waals surface area (Å²) >= 11 is 0. The number of aromatic carboxylic acids is 4. The van der Waals surface area contributed by atoms with E-state index in [2.05, 4.69) is 40.4 Å². The van der Waals surface area contributed by atoms with Gasteiger partial charge >= 0.3 is 31.4 Å². The molecule has 0 saturated heterocycles. The molecule has 18 nitrogen and oxygen atoms in total. The van der Waals surface area contributed by atoms with E-state index in [1.807, 2.05) is 0 Å². The minimum absolute atomic E-state index is 0. The van der Waals surface area contributed by atoms with Crippen LogP contribution in [0.25, 0.3) is 21.5 Å². The summed E-state index contributed by atoms with van der Waals surface area (Å²) in [7, 11) is 0. The van der Waals surface area contributed by atoms with E-state index in [1.165, 1.54) is 24.3 Å². The molecule has 0 aliphatic rings. The van der Waals surface area contributed by atoms with Crippen molar-refractivity contribution >= 4 is 68.2 Å². The number of benzene rings is 4. The van der Waals surface area contributed by atoms with Crippen LogP contribution >= 0.6 is 0 Å². The summed E-state index contributed by atoms with van der Waals surface area (Å²) in [6.07, 6.45) is 13.5. The van der Waals surface area contributed by atoms with Crippen LogP contribution in [-0.4, -0.2) is 54.0 Å². The average Bonchev–Trinajstić information content (AvgIpc) is 3.28. The molecule has 0 aliphatic heterocycles. The van der Waals surface area contributed by atoms with Gasteiger partial charge in [0.15, 0.2) is 0 Å². The van der Waals surface area contributed by atoms with E-state index < -0.39 is 23.9 Å². The number of rotatable bonds is 8. The van der Waals surface area contributed by atoms with Gasteiger partial charge in [0.25, 0.3) is 0 Å². The Balaban J connectivity index is 0.000000285. The number of nitrogens with zero attached hydrogens (tertiary/aromatic N) is 8. The van der Waals surface area contributed by atoms with Gasteiger partial charge in [-0.2, -0.15) is 20.5 Å². The summed E-state index contributed by atoms with van der Waals surface area (Å²) in [6.45, 7) is 0. The first-order valence-corrected chi connectivity index (χ1v) is 17.5. The maximum Gasteiger partial charge on any atom is 2.00 e. The largest absolute Gasteiger partial charge is 2.00 e. The van der Waals surface area contributed by atoms with Crippen molar-refractivity contribution < 1.29 is 70.0 Å². The molecule has 0 bridgehead atoms. The van der Waals surface area contributed by atoms with Gasteiger partial charge in [-0.05, 0) is 94.3 Å². The predicted molar refractivity (Wildman–Crippen MR) is 226 cm³/mol. The molecule has 312 valence electrons. The summed E-state index contributed by atoms with van der Waals surface area (Å²) in [4.78, 5) is 58.9. The molecule has 4 aromatic carbocycles. The Morgan fingerprint density at radius 2 is 0.587 bits per heavy atom. The van der Waals surface area contributed by atoms with Gasteiger partial charge in [0, 0.05) is 60.7 Å². The Hall–Kier alpha value is -8.38. The zero-order valence-electron chi connectivity index (χ0n) is 32.9. The SMILES string of the molecule is O=C([O-])c1cc2ccccc2cc1C(=O)O.O=C([O-])c1cc2ccccc2cc1C(=O)O.[OH3+].[OH3+].[Zn+2].c1cc(N=Nc2ccncc2)ccn1.c1cc(N=Nc2ccncc2)ccn1. The molecule has 8 N–H and O–H groups in total. The number of carboxylic acids is 4. The van der Waals surface area contributed by atoms with Crippen molar-refractivity contribution in [3.8, 4) is 0 Å². The third kappa shape index (κ3) is 15.6. The molecule has 19 heteroatoms. The van der Waals surface area contributed by atoms with Crippen molar-refractivity contribution in [1.82, 2.24) is 19.9 Å². The molecule has 0 amide bonds. The zero-order chi connectivity index (χ0) is 42.7. The topological polar surface area (TPSA) is 322 Å². The number of carboxylic acid groups (broad SMARTS) is 4. The molecular weight excluding hydrogens is 866 g/mol. The number of fused-ring (bicyclic) bond motifs is 2. The van der Waals surface area contributed by atoms with E-state index in [9.17, 15) is 29.4 Å². The van der Waals surface area contributed by atoms with Crippen LogP contribution in [0.4, 0.5) is 22.7 Å². The standard InChI is InChI=1S/2C12H8O4.2C10H8N4.2H2O.Zn/c2*13-11(14)9-5-7-3-1-2-4-8(7)6-10(9)12(15)16;2*1-5-11-6-2-9(1)13-14-10-3-7-12-8-4-10;;;/h2*1-6H,(H,13,14)(H,15,16);2*1-8H;2*1H2;/q;;;;;;+2. The third-order valence-corrected chi connectivity index (χ3v) is 7.89. The summed E-state index contributed by atoms with van der Waals surface area (Å²) in [5.74, 6) is -5.51. The molecule has 0 saturated carbocycles. The van der Waals surface area contributed by atoms with Gasteiger partial charge in [-0.25, -0.2) is 9.59 Å². The normalized spacial score (nSPS) is 9.90. The number of pyridine rings is 4. The van der Waals surface area contributed by atoms with Crippen molar-refractivity contribution in [2.45, 2.75) is 0 Å². The number of carbonyl (C=O) groups excluding carboxylic acids is 2. The molecule has 4 heterocycles. The third-order valence-electron chi connectivity index (χ3n) is 7.89.